The molecule has 17 heavy (non-hydrogen) atoms. The van der Waals surface area contributed by atoms with Crippen LogP contribution in [-0.2, 0) is 9.63 Å². The second kappa shape index (κ2) is 7.38. The number of hydrogen-bond donors (Lipinski definition) is 1. The van der Waals surface area contributed by atoms with Gasteiger partial charge in [0.25, 0.3) is 0 Å². The number of hydrogen-bond acceptors (Lipinski definition) is 4. The van der Waals surface area contributed by atoms with Crippen LogP contribution in [0.4, 0.5) is 0 Å². The number of nitrogens with zero attached hydrogens (tertiary/aromatic N) is 2. The molecule has 0 saturated carbocycles. The molecule has 1 N–H and O–H groups in total. The molecule has 5 heteroatoms. The van der Waals surface area contributed by atoms with Crippen molar-refractivity contribution in [1.29, 1.82) is 0 Å². The van der Waals surface area contributed by atoms with Crippen LogP contribution in [0.5, 0.6) is 0 Å². The number of pyridine rings is 1. The molecular formula is C12H16N2O3. The maximum absolute atomic E-state index is 10.2. The van der Waals surface area contributed by atoms with E-state index in [-0.39, 0.29) is 6.42 Å². The lowest BCUT2D eigenvalue weighted by atomic mass is 10.2. The second-order valence-electron chi connectivity index (χ2n) is 3.60. The van der Waals surface area contributed by atoms with Gasteiger partial charge >= 0.3 is 5.97 Å². The normalized spacial score (nSPS) is 11.2. The van der Waals surface area contributed by atoms with Gasteiger partial charge in [-0.05, 0) is 31.9 Å². The second-order valence-corrected chi connectivity index (χ2v) is 3.60. The fourth-order valence-electron chi connectivity index (χ4n) is 1.21. The number of unbranched alkanes of at least 4 members (excludes halogenated alkanes) is 1. The number of oxime groups is 1. The van der Waals surface area contributed by atoms with Crippen LogP contribution in [0, 0.1) is 0 Å². The molecule has 0 amide bonds. The van der Waals surface area contributed by atoms with E-state index in [2.05, 4.69) is 10.1 Å². The lowest BCUT2D eigenvalue weighted by Gasteiger charge is -2.01. The van der Waals surface area contributed by atoms with Crippen molar-refractivity contribution in [1.82, 2.24) is 4.98 Å². The van der Waals surface area contributed by atoms with Gasteiger partial charge in [-0.25, -0.2) is 0 Å². The van der Waals surface area contributed by atoms with Gasteiger partial charge in [0.1, 0.15) is 6.61 Å². The third-order valence-corrected chi connectivity index (χ3v) is 2.16. The first-order valence-corrected chi connectivity index (χ1v) is 5.49. The molecule has 92 valence electrons. The van der Waals surface area contributed by atoms with Gasteiger partial charge in [0.2, 0.25) is 0 Å². The monoisotopic (exact) mass is 236 g/mol. The summed E-state index contributed by atoms with van der Waals surface area (Å²) < 4.78 is 0. The Morgan fingerprint density at radius 2 is 2.35 bits per heavy atom. The predicted molar refractivity (Wildman–Crippen MR) is 63.9 cm³/mol. The molecule has 5 nitrogen and oxygen atoms in total. The Balaban J connectivity index is 2.23. The molecule has 0 saturated heterocycles. The van der Waals surface area contributed by atoms with Gasteiger partial charge < -0.3 is 9.94 Å². The zero-order valence-corrected chi connectivity index (χ0v) is 9.80. The van der Waals surface area contributed by atoms with Crippen molar-refractivity contribution in [2.45, 2.75) is 26.2 Å². The molecule has 0 aromatic carbocycles. The quantitative estimate of drug-likeness (QED) is 0.447. The van der Waals surface area contributed by atoms with Gasteiger partial charge in [0.05, 0.1) is 5.71 Å². The summed E-state index contributed by atoms with van der Waals surface area (Å²) in [5, 5.41) is 12.4. The lowest BCUT2D eigenvalue weighted by Crippen LogP contribution is -1.99. The number of carbonyl (C=O) groups is 1. The number of rotatable bonds is 7. The number of carboxylic acid groups (broad SMARTS) is 1. The van der Waals surface area contributed by atoms with Gasteiger partial charge in [-0.3, -0.25) is 9.78 Å². The van der Waals surface area contributed by atoms with E-state index in [1.807, 2.05) is 19.1 Å². The summed E-state index contributed by atoms with van der Waals surface area (Å²) in [6.45, 7) is 2.28. The van der Waals surface area contributed by atoms with Gasteiger partial charge in [-0.1, -0.05) is 5.16 Å². The molecule has 1 rings (SSSR count). The largest absolute Gasteiger partial charge is 0.481 e. The third-order valence-electron chi connectivity index (χ3n) is 2.16. The van der Waals surface area contributed by atoms with Crippen LogP contribution in [0.25, 0.3) is 0 Å². The van der Waals surface area contributed by atoms with Gasteiger partial charge in [-0.2, -0.15) is 0 Å². The molecular weight excluding hydrogens is 220 g/mol. The summed E-state index contributed by atoms with van der Waals surface area (Å²) in [7, 11) is 0. The molecule has 0 bridgehead atoms. The summed E-state index contributed by atoms with van der Waals surface area (Å²) in [5.41, 5.74) is 1.68. The zero-order valence-electron chi connectivity index (χ0n) is 9.80. The van der Waals surface area contributed by atoms with Crippen molar-refractivity contribution in [3.8, 4) is 0 Å². The highest BCUT2D eigenvalue weighted by atomic mass is 16.6. The lowest BCUT2D eigenvalue weighted by molar-refractivity contribution is -0.137. The van der Waals surface area contributed by atoms with Gasteiger partial charge in [0, 0.05) is 24.4 Å². The van der Waals surface area contributed by atoms with E-state index in [1.165, 1.54) is 0 Å². The molecule has 0 fully saturated rings. The van der Waals surface area contributed by atoms with Crippen LogP contribution in [-0.4, -0.2) is 28.4 Å². The fourth-order valence-corrected chi connectivity index (χ4v) is 1.21. The Bertz CT molecular complexity index is 377. The fraction of sp³-hybridized carbons (Fsp3) is 0.417. The van der Waals surface area contributed by atoms with E-state index in [0.29, 0.717) is 19.4 Å². The van der Waals surface area contributed by atoms with Crippen molar-refractivity contribution >= 4 is 11.7 Å². The first kappa shape index (κ1) is 13.2. The smallest absolute Gasteiger partial charge is 0.303 e. The number of aromatic nitrogens is 1. The minimum atomic E-state index is -0.778. The number of aliphatic carboxylic acids is 1. The third kappa shape index (κ3) is 5.65. The van der Waals surface area contributed by atoms with E-state index in [4.69, 9.17) is 9.94 Å². The topological polar surface area (TPSA) is 71.8 Å². The summed E-state index contributed by atoms with van der Waals surface area (Å²) in [4.78, 5) is 19.3. The predicted octanol–water partition coefficient (Wildman–Crippen LogP) is 2.08. The van der Waals surface area contributed by atoms with Crippen LogP contribution in [0.15, 0.2) is 29.7 Å². The van der Waals surface area contributed by atoms with Crippen molar-refractivity contribution in [2.75, 3.05) is 6.61 Å². The molecule has 0 aliphatic rings. The molecule has 0 unspecified atom stereocenters. The van der Waals surface area contributed by atoms with Crippen LogP contribution >= 0.6 is 0 Å². The van der Waals surface area contributed by atoms with Crippen molar-refractivity contribution in [2.24, 2.45) is 5.16 Å². The first-order chi connectivity index (χ1) is 8.20. The molecule has 0 radical (unpaired) electrons. The van der Waals surface area contributed by atoms with E-state index < -0.39 is 5.97 Å². The summed E-state index contributed by atoms with van der Waals surface area (Å²) in [6.07, 6.45) is 4.89. The first-order valence-electron chi connectivity index (χ1n) is 5.49. The van der Waals surface area contributed by atoms with Crippen LogP contribution < -0.4 is 0 Å². The molecule has 1 heterocycles. The summed E-state index contributed by atoms with van der Waals surface area (Å²) in [5.74, 6) is -0.778. The highest BCUT2D eigenvalue weighted by Gasteiger charge is 1.98. The average molecular weight is 236 g/mol. The average Bonchev–Trinajstić information content (AvgIpc) is 2.34. The maximum Gasteiger partial charge on any atom is 0.303 e. The molecule has 0 atom stereocenters. The number of carboxylic acids is 1. The van der Waals surface area contributed by atoms with E-state index >= 15 is 0 Å². The SMILES string of the molecule is C/C(=N\OCCCCC(=O)O)c1cccnc1. The van der Waals surface area contributed by atoms with Crippen molar-refractivity contribution in [3.63, 3.8) is 0 Å². The Labute approximate surface area is 100 Å². The standard InChI is InChI=1S/C12H16N2O3/c1-10(11-5-4-7-13-9-11)14-17-8-3-2-6-12(15)16/h4-5,7,9H,2-3,6,8H2,1H3,(H,15,16)/b14-10+. The minimum absolute atomic E-state index is 0.175. The molecule has 1 aromatic rings. The Morgan fingerprint density at radius 1 is 1.53 bits per heavy atom. The summed E-state index contributed by atoms with van der Waals surface area (Å²) in [6, 6.07) is 3.74. The molecule has 0 aliphatic heterocycles. The van der Waals surface area contributed by atoms with Crippen LogP contribution in [0.1, 0.15) is 31.7 Å². The molecule has 0 spiro atoms. The Morgan fingerprint density at radius 3 is 3.00 bits per heavy atom. The van der Waals surface area contributed by atoms with E-state index in [9.17, 15) is 4.79 Å². The Hall–Kier alpha value is -1.91. The van der Waals surface area contributed by atoms with E-state index in [0.717, 1.165) is 11.3 Å². The van der Waals surface area contributed by atoms with E-state index in [1.54, 1.807) is 12.4 Å². The minimum Gasteiger partial charge on any atom is -0.481 e. The van der Waals surface area contributed by atoms with Crippen LogP contribution in [0.3, 0.4) is 0 Å². The summed E-state index contributed by atoms with van der Waals surface area (Å²) >= 11 is 0. The maximum atomic E-state index is 10.2. The Kier molecular flexibility index (Phi) is 5.71. The van der Waals surface area contributed by atoms with Gasteiger partial charge in [0.15, 0.2) is 0 Å². The van der Waals surface area contributed by atoms with Crippen molar-refractivity contribution in [3.05, 3.63) is 30.1 Å². The zero-order chi connectivity index (χ0) is 12.5. The highest BCUT2D eigenvalue weighted by Crippen LogP contribution is 2.00. The van der Waals surface area contributed by atoms with Crippen molar-refractivity contribution < 1.29 is 14.7 Å². The highest BCUT2D eigenvalue weighted by molar-refractivity contribution is 5.97. The molecule has 0 aliphatic carbocycles. The van der Waals surface area contributed by atoms with Gasteiger partial charge in [-0.15, -0.1) is 0 Å². The van der Waals surface area contributed by atoms with Crippen LogP contribution in [0.2, 0.25) is 0 Å². The molecule has 1 aromatic heterocycles.